The molecule has 1 rings (SSSR count). The molecule has 1 amide bonds. The molecule has 5 heteroatoms. The molecule has 1 aromatic rings. The van der Waals surface area contributed by atoms with E-state index in [9.17, 15) is 9.59 Å². The summed E-state index contributed by atoms with van der Waals surface area (Å²) in [6, 6.07) is 6.51. The first-order chi connectivity index (χ1) is 7.54. The molecule has 1 atom stereocenters. The van der Waals surface area contributed by atoms with E-state index >= 15 is 0 Å². The van der Waals surface area contributed by atoms with Crippen molar-refractivity contribution in [2.45, 2.75) is 12.3 Å². The van der Waals surface area contributed by atoms with E-state index in [1.54, 1.807) is 24.3 Å². The summed E-state index contributed by atoms with van der Waals surface area (Å²) in [6.07, 6.45) is -0.207. The third kappa shape index (κ3) is 2.98. The van der Waals surface area contributed by atoms with Crippen LogP contribution in [0.25, 0.3) is 0 Å². The van der Waals surface area contributed by atoms with Gasteiger partial charge in [0.05, 0.1) is 13.0 Å². The lowest BCUT2D eigenvalue weighted by Crippen LogP contribution is -2.20. The van der Waals surface area contributed by atoms with Crippen LogP contribution in [0.2, 0.25) is 0 Å². The summed E-state index contributed by atoms with van der Waals surface area (Å²) in [5, 5.41) is 8.96. The molecule has 0 aliphatic heterocycles. The molecule has 0 bridgehead atoms. The summed E-state index contributed by atoms with van der Waals surface area (Å²) in [5.74, 6) is -1.97. The second kappa shape index (κ2) is 5.16. The number of nitrogens with two attached hydrogens (primary N) is 1. The molecule has 1 aromatic carbocycles. The highest BCUT2D eigenvalue weighted by atomic mass is 16.5. The van der Waals surface area contributed by atoms with Gasteiger partial charge in [-0.05, 0) is 17.7 Å². The van der Waals surface area contributed by atoms with Crippen molar-refractivity contribution >= 4 is 11.9 Å². The first-order valence-electron chi connectivity index (χ1n) is 4.69. The van der Waals surface area contributed by atoms with E-state index in [1.807, 2.05) is 0 Å². The number of carbonyl (C=O) groups is 2. The second-order valence-electron chi connectivity index (χ2n) is 3.33. The quantitative estimate of drug-likeness (QED) is 0.770. The molecule has 0 aromatic heterocycles. The summed E-state index contributed by atoms with van der Waals surface area (Å²) < 4.78 is 4.95. The van der Waals surface area contributed by atoms with Gasteiger partial charge in [-0.1, -0.05) is 12.1 Å². The van der Waals surface area contributed by atoms with Crippen molar-refractivity contribution in [3.8, 4) is 5.75 Å². The summed E-state index contributed by atoms with van der Waals surface area (Å²) in [4.78, 5) is 21.7. The van der Waals surface area contributed by atoms with Crippen molar-refractivity contribution in [1.82, 2.24) is 0 Å². The summed E-state index contributed by atoms with van der Waals surface area (Å²) in [6.45, 7) is 0. The third-order valence-electron chi connectivity index (χ3n) is 2.22. The Hall–Kier alpha value is -2.04. The van der Waals surface area contributed by atoms with Crippen LogP contribution >= 0.6 is 0 Å². The Kier molecular flexibility index (Phi) is 3.88. The molecule has 3 N–H and O–H groups in total. The van der Waals surface area contributed by atoms with E-state index in [1.165, 1.54) is 7.11 Å². The molecule has 16 heavy (non-hydrogen) atoms. The van der Waals surface area contributed by atoms with E-state index in [-0.39, 0.29) is 6.42 Å². The number of rotatable bonds is 5. The second-order valence-corrected chi connectivity index (χ2v) is 3.33. The van der Waals surface area contributed by atoms with Crippen LogP contribution in [0.15, 0.2) is 24.3 Å². The molecule has 86 valence electrons. The van der Waals surface area contributed by atoms with Crippen LogP contribution in [0.4, 0.5) is 0 Å². The van der Waals surface area contributed by atoms with Crippen molar-refractivity contribution in [2.75, 3.05) is 7.11 Å². The fraction of sp³-hybridized carbons (Fsp3) is 0.273. The Morgan fingerprint density at radius 2 is 1.94 bits per heavy atom. The number of amides is 1. The predicted octanol–water partition coefficient (Wildman–Crippen LogP) is 0.739. The molecular weight excluding hydrogens is 210 g/mol. The van der Waals surface area contributed by atoms with E-state index in [0.29, 0.717) is 11.3 Å². The number of aliphatic carboxylic acids is 1. The molecule has 0 saturated carbocycles. The highest BCUT2D eigenvalue weighted by Crippen LogP contribution is 2.22. The van der Waals surface area contributed by atoms with Gasteiger partial charge in [-0.2, -0.15) is 0 Å². The molecular formula is C11H13NO4. The van der Waals surface area contributed by atoms with Gasteiger partial charge in [-0.3, -0.25) is 9.59 Å². The largest absolute Gasteiger partial charge is 0.497 e. The zero-order valence-corrected chi connectivity index (χ0v) is 8.84. The van der Waals surface area contributed by atoms with Crippen LogP contribution in [0.3, 0.4) is 0 Å². The Balaban J connectivity index is 2.92. The molecule has 0 saturated heterocycles. The SMILES string of the molecule is COc1ccc([C@H](CC(N)=O)C(=O)O)cc1. The smallest absolute Gasteiger partial charge is 0.311 e. The lowest BCUT2D eigenvalue weighted by atomic mass is 9.95. The van der Waals surface area contributed by atoms with E-state index in [4.69, 9.17) is 15.6 Å². The minimum atomic E-state index is -1.07. The summed E-state index contributed by atoms with van der Waals surface area (Å²) >= 11 is 0. The molecule has 0 fully saturated rings. The Labute approximate surface area is 92.8 Å². The van der Waals surface area contributed by atoms with Crippen LogP contribution in [-0.4, -0.2) is 24.1 Å². The molecule has 0 heterocycles. The number of hydrogen-bond acceptors (Lipinski definition) is 3. The third-order valence-corrected chi connectivity index (χ3v) is 2.22. The van der Waals surface area contributed by atoms with E-state index in [0.717, 1.165) is 0 Å². The fourth-order valence-corrected chi connectivity index (χ4v) is 1.39. The summed E-state index contributed by atoms with van der Waals surface area (Å²) in [5.41, 5.74) is 5.53. The van der Waals surface area contributed by atoms with Gasteiger partial charge in [0.25, 0.3) is 0 Å². The standard InChI is InChI=1S/C11H13NO4/c1-16-8-4-2-7(3-5-8)9(11(14)15)6-10(12)13/h2-5,9H,6H2,1H3,(H2,12,13)(H,14,15)/t9-/m0/s1. The van der Waals surface area contributed by atoms with Gasteiger partial charge in [-0.25, -0.2) is 0 Å². The lowest BCUT2D eigenvalue weighted by molar-refractivity contribution is -0.140. The number of carboxylic acids is 1. The summed E-state index contributed by atoms with van der Waals surface area (Å²) in [7, 11) is 1.52. The van der Waals surface area contributed by atoms with Crippen molar-refractivity contribution in [3.63, 3.8) is 0 Å². The zero-order valence-electron chi connectivity index (χ0n) is 8.84. The van der Waals surface area contributed by atoms with Crippen LogP contribution < -0.4 is 10.5 Å². The van der Waals surface area contributed by atoms with Crippen molar-refractivity contribution in [1.29, 1.82) is 0 Å². The van der Waals surface area contributed by atoms with Crippen LogP contribution in [0.1, 0.15) is 17.9 Å². The number of methoxy groups -OCH3 is 1. The van der Waals surface area contributed by atoms with Gasteiger partial charge in [0.1, 0.15) is 5.75 Å². The van der Waals surface area contributed by atoms with Gasteiger partial charge >= 0.3 is 5.97 Å². The maximum absolute atomic E-state index is 11.0. The molecule has 0 aliphatic rings. The number of carbonyl (C=O) groups excluding carboxylic acids is 1. The first kappa shape index (κ1) is 12.0. The van der Waals surface area contributed by atoms with Crippen LogP contribution in [0, 0.1) is 0 Å². The van der Waals surface area contributed by atoms with Crippen LogP contribution in [0.5, 0.6) is 5.75 Å². The predicted molar refractivity (Wildman–Crippen MR) is 57.2 cm³/mol. The topological polar surface area (TPSA) is 89.6 Å². The average molecular weight is 223 g/mol. The molecule has 0 radical (unpaired) electrons. The van der Waals surface area contributed by atoms with Crippen molar-refractivity contribution < 1.29 is 19.4 Å². The van der Waals surface area contributed by atoms with Crippen molar-refractivity contribution in [2.24, 2.45) is 5.73 Å². The Morgan fingerprint density at radius 3 is 2.31 bits per heavy atom. The molecule has 0 spiro atoms. The number of primary amides is 1. The number of carboxylic acid groups (broad SMARTS) is 1. The number of ether oxygens (including phenoxy) is 1. The molecule has 0 aliphatic carbocycles. The molecule has 0 unspecified atom stereocenters. The van der Waals surface area contributed by atoms with Crippen LogP contribution in [-0.2, 0) is 9.59 Å². The van der Waals surface area contributed by atoms with Gasteiger partial charge in [-0.15, -0.1) is 0 Å². The zero-order chi connectivity index (χ0) is 12.1. The average Bonchev–Trinajstić information content (AvgIpc) is 2.25. The number of benzene rings is 1. The minimum absolute atomic E-state index is 0.207. The highest BCUT2D eigenvalue weighted by Gasteiger charge is 2.21. The lowest BCUT2D eigenvalue weighted by Gasteiger charge is -2.11. The van der Waals surface area contributed by atoms with E-state index < -0.39 is 17.8 Å². The normalized spacial score (nSPS) is 11.8. The maximum atomic E-state index is 11.0. The highest BCUT2D eigenvalue weighted by molar-refractivity contribution is 5.84. The van der Waals surface area contributed by atoms with Gasteiger partial charge in [0, 0.05) is 6.42 Å². The first-order valence-corrected chi connectivity index (χ1v) is 4.69. The Bertz CT molecular complexity index is 385. The van der Waals surface area contributed by atoms with Crippen molar-refractivity contribution in [3.05, 3.63) is 29.8 Å². The molecule has 5 nitrogen and oxygen atoms in total. The van der Waals surface area contributed by atoms with Gasteiger partial charge in [0.2, 0.25) is 5.91 Å². The van der Waals surface area contributed by atoms with Gasteiger partial charge < -0.3 is 15.6 Å². The monoisotopic (exact) mass is 223 g/mol. The minimum Gasteiger partial charge on any atom is -0.497 e. The maximum Gasteiger partial charge on any atom is 0.311 e. The fourth-order valence-electron chi connectivity index (χ4n) is 1.39. The van der Waals surface area contributed by atoms with Gasteiger partial charge in [0.15, 0.2) is 0 Å². The Morgan fingerprint density at radius 1 is 1.38 bits per heavy atom. The van der Waals surface area contributed by atoms with E-state index in [2.05, 4.69) is 0 Å². The number of hydrogen-bond donors (Lipinski definition) is 2.